The molecule has 0 radical (unpaired) electrons. The summed E-state index contributed by atoms with van der Waals surface area (Å²) < 4.78 is 1.90. The Kier molecular flexibility index (Phi) is 5.44. The SMILES string of the molecule is CC1CCN(C[C@@H](O)CN2CCC[C@H]2Cn2cncn2)CC1. The second-order valence-electron chi connectivity index (χ2n) is 7.05. The van der Waals surface area contributed by atoms with E-state index < -0.39 is 0 Å². The molecule has 0 saturated carbocycles. The predicted octanol–water partition coefficient (Wildman–Crippen LogP) is 0.835. The molecule has 2 aliphatic rings. The van der Waals surface area contributed by atoms with Gasteiger partial charge in [0.05, 0.1) is 12.6 Å². The smallest absolute Gasteiger partial charge is 0.137 e. The normalized spacial score (nSPS) is 26.5. The Balaban J connectivity index is 1.44. The molecule has 1 aromatic rings. The summed E-state index contributed by atoms with van der Waals surface area (Å²) in [5.74, 6) is 0.846. The number of aliphatic hydroxyl groups is 1. The lowest BCUT2D eigenvalue weighted by Crippen LogP contribution is -2.45. The van der Waals surface area contributed by atoms with Crippen LogP contribution in [0.2, 0.25) is 0 Å². The zero-order valence-corrected chi connectivity index (χ0v) is 13.6. The Morgan fingerprint density at radius 1 is 1.18 bits per heavy atom. The third kappa shape index (κ3) is 4.27. The number of piperidine rings is 1. The fourth-order valence-corrected chi connectivity index (χ4v) is 3.76. The molecule has 6 heteroatoms. The third-order valence-electron chi connectivity index (χ3n) is 5.15. The first-order valence-electron chi connectivity index (χ1n) is 8.67. The molecule has 0 unspecified atom stereocenters. The van der Waals surface area contributed by atoms with Crippen molar-refractivity contribution in [1.82, 2.24) is 24.6 Å². The van der Waals surface area contributed by atoms with Gasteiger partial charge in [0.1, 0.15) is 12.7 Å². The highest BCUT2D eigenvalue weighted by molar-refractivity contribution is 4.82. The molecule has 0 aliphatic carbocycles. The topological polar surface area (TPSA) is 57.4 Å². The lowest BCUT2D eigenvalue weighted by molar-refractivity contribution is 0.0552. The minimum Gasteiger partial charge on any atom is -0.390 e. The van der Waals surface area contributed by atoms with E-state index in [9.17, 15) is 5.11 Å². The fourth-order valence-electron chi connectivity index (χ4n) is 3.76. The van der Waals surface area contributed by atoms with E-state index >= 15 is 0 Å². The maximum Gasteiger partial charge on any atom is 0.137 e. The van der Waals surface area contributed by atoms with Gasteiger partial charge in [-0.3, -0.25) is 9.58 Å². The Hall–Kier alpha value is -0.980. The molecule has 2 fully saturated rings. The van der Waals surface area contributed by atoms with Gasteiger partial charge in [-0.2, -0.15) is 5.10 Å². The van der Waals surface area contributed by atoms with Gasteiger partial charge < -0.3 is 10.0 Å². The monoisotopic (exact) mass is 307 g/mol. The largest absolute Gasteiger partial charge is 0.390 e. The van der Waals surface area contributed by atoms with E-state index in [-0.39, 0.29) is 6.10 Å². The number of nitrogens with zero attached hydrogens (tertiary/aromatic N) is 5. The highest BCUT2D eigenvalue weighted by Crippen LogP contribution is 2.20. The Morgan fingerprint density at radius 3 is 2.73 bits per heavy atom. The zero-order chi connectivity index (χ0) is 15.4. The molecule has 1 N–H and O–H groups in total. The number of hydrogen-bond acceptors (Lipinski definition) is 5. The molecular weight excluding hydrogens is 278 g/mol. The first kappa shape index (κ1) is 15.9. The molecule has 6 nitrogen and oxygen atoms in total. The standard InChI is InChI=1S/C16H29N5O/c1-14-4-7-19(8-5-14)10-16(22)11-20-6-2-3-15(20)9-21-13-17-12-18-21/h12-16,22H,2-11H2,1H3/t15-,16+/m0/s1. The van der Waals surface area contributed by atoms with Crippen molar-refractivity contribution in [3.63, 3.8) is 0 Å². The number of likely N-dealkylation sites (tertiary alicyclic amines) is 2. The van der Waals surface area contributed by atoms with Crippen LogP contribution < -0.4 is 0 Å². The van der Waals surface area contributed by atoms with Crippen LogP contribution in [0.25, 0.3) is 0 Å². The van der Waals surface area contributed by atoms with Crippen molar-refractivity contribution in [2.75, 3.05) is 32.7 Å². The molecule has 124 valence electrons. The molecule has 3 rings (SSSR count). The molecule has 2 saturated heterocycles. The van der Waals surface area contributed by atoms with Crippen LogP contribution in [0, 0.1) is 5.92 Å². The summed E-state index contributed by atoms with van der Waals surface area (Å²) in [4.78, 5) is 8.86. The summed E-state index contributed by atoms with van der Waals surface area (Å²) in [6, 6.07) is 0.484. The highest BCUT2D eigenvalue weighted by atomic mass is 16.3. The fraction of sp³-hybridized carbons (Fsp3) is 0.875. The lowest BCUT2D eigenvalue weighted by atomic mass is 9.99. The predicted molar refractivity (Wildman–Crippen MR) is 85.5 cm³/mol. The number of aromatic nitrogens is 3. The van der Waals surface area contributed by atoms with E-state index in [1.165, 1.54) is 25.7 Å². The molecule has 0 bridgehead atoms. The first-order valence-corrected chi connectivity index (χ1v) is 8.67. The van der Waals surface area contributed by atoms with Crippen LogP contribution in [0.1, 0.15) is 32.6 Å². The van der Waals surface area contributed by atoms with Crippen LogP contribution in [0.4, 0.5) is 0 Å². The Morgan fingerprint density at radius 2 is 2.00 bits per heavy atom. The molecule has 22 heavy (non-hydrogen) atoms. The van der Waals surface area contributed by atoms with Gasteiger partial charge in [0, 0.05) is 19.1 Å². The maximum absolute atomic E-state index is 10.5. The van der Waals surface area contributed by atoms with E-state index in [1.807, 2.05) is 4.68 Å². The lowest BCUT2D eigenvalue weighted by Gasteiger charge is -2.33. The minimum absolute atomic E-state index is 0.246. The van der Waals surface area contributed by atoms with Crippen LogP contribution in [0.15, 0.2) is 12.7 Å². The van der Waals surface area contributed by atoms with Crippen LogP contribution in [-0.4, -0.2) is 74.5 Å². The molecule has 2 aliphatic heterocycles. The van der Waals surface area contributed by atoms with Gasteiger partial charge in [-0.15, -0.1) is 0 Å². The van der Waals surface area contributed by atoms with Crippen molar-refractivity contribution in [2.24, 2.45) is 5.92 Å². The van der Waals surface area contributed by atoms with Crippen LogP contribution in [0.3, 0.4) is 0 Å². The number of aliphatic hydroxyl groups excluding tert-OH is 1. The van der Waals surface area contributed by atoms with Crippen molar-refractivity contribution >= 4 is 0 Å². The second kappa shape index (κ2) is 7.53. The van der Waals surface area contributed by atoms with Gasteiger partial charge in [-0.1, -0.05) is 6.92 Å². The van der Waals surface area contributed by atoms with Gasteiger partial charge in [0.2, 0.25) is 0 Å². The quantitative estimate of drug-likeness (QED) is 0.844. The van der Waals surface area contributed by atoms with Gasteiger partial charge in [-0.25, -0.2) is 4.98 Å². The van der Waals surface area contributed by atoms with Crippen molar-refractivity contribution < 1.29 is 5.11 Å². The Bertz CT molecular complexity index is 430. The maximum atomic E-state index is 10.5. The summed E-state index contributed by atoms with van der Waals surface area (Å²) in [5, 5.41) is 14.7. The molecule has 3 heterocycles. The summed E-state index contributed by atoms with van der Waals surface area (Å²) in [6.45, 7) is 8.18. The average Bonchev–Trinajstić information content (AvgIpc) is 3.15. The van der Waals surface area contributed by atoms with E-state index in [0.717, 1.165) is 45.2 Å². The van der Waals surface area contributed by atoms with Crippen molar-refractivity contribution in [2.45, 2.75) is 51.3 Å². The van der Waals surface area contributed by atoms with Gasteiger partial charge >= 0.3 is 0 Å². The Labute approximate surface area is 133 Å². The van der Waals surface area contributed by atoms with Gasteiger partial charge in [0.25, 0.3) is 0 Å². The summed E-state index contributed by atoms with van der Waals surface area (Å²) >= 11 is 0. The first-order chi connectivity index (χ1) is 10.7. The molecule has 0 aromatic carbocycles. The average molecular weight is 307 g/mol. The molecule has 0 spiro atoms. The molecule has 1 aromatic heterocycles. The van der Waals surface area contributed by atoms with Gasteiger partial charge in [0.15, 0.2) is 0 Å². The summed E-state index contributed by atoms with van der Waals surface area (Å²) in [5.41, 5.74) is 0. The minimum atomic E-state index is -0.246. The number of β-amino-alcohol motifs (C(OH)–C–C–N with tert-alkyl or cyclic N) is 1. The van der Waals surface area contributed by atoms with Crippen LogP contribution in [-0.2, 0) is 6.54 Å². The zero-order valence-electron chi connectivity index (χ0n) is 13.6. The van der Waals surface area contributed by atoms with Gasteiger partial charge in [-0.05, 0) is 51.2 Å². The van der Waals surface area contributed by atoms with E-state index in [4.69, 9.17) is 0 Å². The number of hydrogen-bond donors (Lipinski definition) is 1. The van der Waals surface area contributed by atoms with Crippen molar-refractivity contribution in [1.29, 1.82) is 0 Å². The molecular formula is C16H29N5O. The van der Waals surface area contributed by atoms with Crippen molar-refractivity contribution in [3.8, 4) is 0 Å². The van der Waals surface area contributed by atoms with Crippen molar-refractivity contribution in [3.05, 3.63) is 12.7 Å². The summed E-state index contributed by atoms with van der Waals surface area (Å²) in [7, 11) is 0. The third-order valence-corrected chi connectivity index (χ3v) is 5.15. The highest BCUT2D eigenvalue weighted by Gasteiger charge is 2.27. The van der Waals surface area contributed by atoms with E-state index in [0.29, 0.717) is 6.04 Å². The second-order valence-corrected chi connectivity index (χ2v) is 7.05. The molecule has 2 atom stereocenters. The molecule has 0 amide bonds. The summed E-state index contributed by atoms with van der Waals surface area (Å²) in [6.07, 6.45) is 8.07. The van der Waals surface area contributed by atoms with E-state index in [2.05, 4.69) is 26.8 Å². The van der Waals surface area contributed by atoms with Crippen LogP contribution in [0.5, 0.6) is 0 Å². The van der Waals surface area contributed by atoms with E-state index in [1.54, 1.807) is 12.7 Å². The van der Waals surface area contributed by atoms with Crippen LogP contribution >= 0.6 is 0 Å². The number of rotatable bonds is 6.